The number of para-hydroxylation sites is 2. The molecule has 0 saturated carbocycles. The zero-order chi connectivity index (χ0) is 18.2. The van der Waals surface area contributed by atoms with Crippen LogP contribution in [0.2, 0.25) is 0 Å². The maximum atomic E-state index is 5.82. The molecule has 26 heavy (non-hydrogen) atoms. The number of hydrogen-bond donors (Lipinski definition) is 2. The number of nitrogens with zero attached hydrogens (tertiary/aromatic N) is 6. The van der Waals surface area contributed by atoms with E-state index < -0.39 is 0 Å². The molecule has 3 rings (SSSR count). The SMILES string of the molecule is NCCn1cc(COc2ccccc2OCc2cn(CCN)nn2)nn1. The van der Waals surface area contributed by atoms with Crippen LogP contribution in [0.1, 0.15) is 11.4 Å². The van der Waals surface area contributed by atoms with Crippen LogP contribution in [0.25, 0.3) is 0 Å². The van der Waals surface area contributed by atoms with Crippen molar-refractivity contribution in [3.05, 3.63) is 48.0 Å². The van der Waals surface area contributed by atoms with Gasteiger partial charge >= 0.3 is 0 Å². The Kier molecular flexibility index (Phi) is 6.12. The van der Waals surface area contributed by atoms with Crippen molar-refractivity contribution in [2.45, 2.75) is 26.3 Å². The third kappa shape index (κ3) is 4.77. The molecule has 0 unspecified atom stereocenters. The van der Waals surface area contributed by atoms with E-state index in [1.54, 1.807) is 9.36 Å². The van der Waals surface area contributed by atoms with Crippen molar-refractivity contribution >= 4 is 0 Å². The van der Waals surface area contributed by atoms with Crippen molar-refractivity contribution in [1.29, 1.82) is 0 Å². The first-order valence-electron chi connectivity index (χ1n) is 8.31. The normalized spacial score (nSPS) is 10.8. The Morgan fingerprint density at radius 1 is 0.769 bits per heavy atom. The summed E-state index contributed by atoms with van der Waals surface area (Å²) >= 11 is 0. The fourth-order valence-electron chi connectivity index (χ4n) is 2.28. The molecule has 3 aromatic rings. The average Bonchev–Trinajstić information content (AvgIpc) is 3.29. The summed E-state index contributed by atoms with van der Waals surface area (Å²) in [6, 6.07) is 7.44. The number of aromatic nitrogens is 6. The Balaban J connectivity index is 1.58. The molecule has 0 radical (unpaired) electrons. The highest BCUT2D eigenvalue weighted by atomic mass is 16.5. The molecule has 0 aliphatic rings. The number of benzene rings is 1. The maximum absolute atomic E-state index is 5.82. The first kappa shape index (κ1) is 17.8. The highest BCUT2D eigenvalue weighted by molar-refractivity contribution is 5.39. The van der Waals surface area contributed by atoms with E-state index in [0.29, 0.717) is 37.7 Å². The van der Waals surface area contributed by atoms with E-state index >= 15 is 0 Å². The fraction of sp³-hybridized carbons (Fsp3) is 0.375. The van der Waals surface area contributed by atoms with Gasteiger partial charge in [0, 0.05) is 13.1 Å². The summed E-state index contributed by atoms with van der Waals surface area (Å²) in [5.41, 5.74) is 12.4. The molecule has 10 nitrogen and oxygen atoms in total. The zero-order valence-electron chi connectivity index (χ0n) is 14.4. The van der Waals surface area contributed by atoms with Crippen molar-refractivity contribution in [1.82, 2.24) is 30.0 Å². The van der Waals surface area contributed by atoms with Crippen LogP contribution in [-0.2, 0) is 26.3 Å². The summed E-state index contributed by atoms with van der Waals surface area (Å²) in [4.78, 5) is 0. The summed E-state index contributed by atoms with van der Waals surface area (Å²) in [5, 5.41) is 16.1. The molecule has 0 bridgehead atoms. The van der Waals surface area contributed by atoms with Crippen molar-refractivity contribution < 1.29 is 9.47 Å². The van der Waals surface area contributed by atoms with Crippen molar-refractivity contribution in [2.24, 2.45) is 11.5 Å². The standard InChI is InChI=1S/C16H22N8O2/c17-5-7-23-9-13(19-21-23)11-25-15-3-1-2-4-16(15)26-12-14-10-24(8-6-18)22-20-14/h1-4,9-10H,5-8,11-12,17-18H2. The minimum Gasteiger partial charge on any atom is -0.483 e. The molecule has 138 valence electrons. The van der Waals surface area contributed by atoms with Gasteiger partial charge < -0.3 is 20.9 Å². The van der Waals surface area contributed by atoms with Crippen LogP contribution in [0.15, 0.2) is 36.7 Å². The van der Waals surface area contributed by atoms with Gasteiger partial charge in [-0.15, -0.1) is 10.2 Å². The minimum absolute atomic E-state index is 0.289. The van der Waals surface area contributed by atoms with Gasteiger partial charge in [0.15, 0.2) is 11.5 Å². The lowest BCUT2D eigenvalue weighted by molar-refractivity contribution is 0.251. The van der Waals surface area contributed by atoms with Crippen molar-refractivity contribution in [3.8, 4) is 11.5 Å². The lowest BCUT2D eigenvalue weighted by Crippen LogP contribution is -2.10. The molecule has 0 fully saturated rings. The van der Waals surface area contributed by atoms with Crippen LogP contribution in [0.5, 0.6) is 11.5 Å². The second-order valence-corrected chi connectivity index (χ2v) is 5.55. The lowest BCUT2D eigenvalue weighted by atomic mass is 10.3. The highest BCUT2D eigenvalue weighted by Crippen LogP contribution is 2.27. The van der Waals surface area contributed by atoms with E-state index in [1.165, 1.54) is 0 Å². The predicted molar refractivity (Wildman–Crippen MR) is 93.3 cm³/mol. The van der Waals surface area contributed by atoms with Gasteiger partial charge in [-0.1, -0.05) is 22.6 Å². The molecule has 1 aromatic carbocycles. The monoisotopic (exact) mass is 358 g/mol. The molecule has 2 heterocycles. The topological polar surface area (TPSA) is 132 Å². The molecule has 0 saturated heterocycles. The van der Waals surface area contributed by atoms with E-state index in [9.17, 15) is 0 Å². The number of nitrogens with two attached hydrogens (primary N) is 2. The Hall–Kier alpha value is -2.98. The summed E-state index contributed by atoms with van der Waals surface area (Å²) in [6.07, 6.45) is 3.62. The van der Waals surface area contributed by atoms with Gasteiger partial charge in [0.2, 0.25) is 0 Å². The fourth-order valence-corrected chi connectivity index (χ4v) is 2.28. The van der Waals surface area contributed by atoms with Gasteiger partial charge in [0.25, 0.3) is 0 Å². The van der Waals surface area contributed by atoms with E-state index in [1.807, 2.05) is 36.7 Å². The minimum atomic E-state index is 0.289. The Bertz CT molecular complexity index is 749. The third-order valence-corrected chi connectivity index (χ3v) is 3.49. The second kappa shape index (κ2) is 8.92. The smallest absolute Gasteiger partial charge is 0.161 e. The molecule has 0 aliphatic carbocycles. The van der Waals surface area contributed by atoms with Crippen LogP contribution in [0, 0.1) is 0 Å². The number of hydrogen-bond acceptors (Lipinski definition) is 8. The Morgan fingerprint density at radius 3 is 1.65 bits per heavy atom. The maximum Gasteiger partial charge on any atom is 0.161 e. The van der Waals surface area contributed by atoms with Gasteiger partial charge in [0.1, 0.15) is 24.6 Å². The van der Waals surface area contributed by atoms with E-state index in [4.69, 9.17) is 20.9 Å². The summed E-state index contributed by atoms with van der Waals surface area (Å²) in [5.74, 6) is 1.24. The zero-order valence-corrected chi connectivity index (χ0v) is 14.4. The molecule has 0 atom stereocenters. The van der Waals surface area contributed by atoms with Crippen LogP contribution in [0.3, 0.4) is 0 Å². The van der Waals surface area contributed by atoms with Crippen LogP contribution in [0.4, 0.5) is 0 Å². The molecule has 0 amide bonds. The van der Waals surface area contributed by atoms with Gasteiger partial charge in [0.05, 0.1) is 25.5 Å². The predicted octanol–water partition coefficient (Wildman–Crippen LogP) is -0.0550. The van der Waals surface area contributed by atoms with E-state index in [-0.39, 0.29) is 13.2 Å². The molecular formula is C16H22N8O2. The molecule has 10 heteroatoms. The van der Waals surface area contributed by atoms with Gasteiger partial charge in [-0.2, -0.15) is 0 Å². The second-order valence-electron chi connectivity index (χ2n) is 5.55. The first-order chi connectivity index (χ1) is 12.8. The van der Waals surface area contributed by atoms with Crippen molar-refractivity contribution in [2.75, 3.05) is 13.1 Å². The van der Waals surface area contributed by atoms with E-state index in [0.717, 1.165) is 11.4 Å². The van der Waals surface area contributed by atoms with E-state index in [2.05, 4.69) is 20.6 Å². The summed E-state index contributed by atoms with van der Waals surface area (Å²) in [6.45, 7) is 2.84. The highest BCUT2D eigenvalue weighted by Gasteiger charge is 2.08. The first-order valence-corrected chi connectivity index (χ1v) is 8.31. The van der Waals surface area contributed by atoms with Crippen LogP contribution < -0.4 is 20.9 Å². The number of rotatable bonds is 10. The average molecular weight is 358 g/mol. The Labute approximate surface area is 150 Å². The van der Waals surface area contributed by atoms with Gasteiger partial charge in [-0.3, -0.25) is 9.36 Å². The quantitative estimate of drug-likeness (QED) is 0.515. The Morgan fingerprint density at radius 2 is 1.23 bits per heavy atom. The van der Waals surface area contributed by atoms with Crippen LogP contribution >= 0.6 is 0 Å². The number of ether oxygens (including phenoxy) is 2. The van der Waals surface area contributed by atoms with Crippen LogP contribution in [-0.4, -0.2) is 43.1 Å². The third-order valence-electron chi connectivity index (χ3n) is 3.49. The summed E-state index contributed by atoms with van der Waals surface area (Å²) in [7, 11) is 0. The van der Waals surface area contributed by atoms with Crippen molar-refractivity contribution in [3.63, 3.8) is 0 Å². The molecule has 0 spiro atoms. The molecule has 2 aromatic heterocycles. The van der Waals surface area contributed by atoms with Gasteiger partial charge in [-0.05, 0) is 12.1 Å². The summed E-state index contributed by atoms with van der Waals surface area (Å²) < 4.78 is 15.0. The molecule has 4 N–H and O–H groups in total. The molecular weight excluding hydrogens is 336 g/mol. The molecule has 0 aliphatic heterocycles. The lowest BCUT2D eigenvalue weighted by Gasteiger charge is -2.10. The largest absolute Gasteiger partial charge is 0.483 e. The van der Waals surface area contributed by atoms with Gasteiger partial charge in [-0.25, -0.2) is 0 Å².